The van der Waals surface area contributed by atoms with E-state index < -0.39 is 0 Å². The second kappa shape index (κ2) is 6.62. The Bertz CT molecular complexity index is 998. The lowest BCUT2D eigenvalue weighted by molar-refractivity contribution is -0.133. The summed E-state index contributed by atoms with van der Waals surface area (Å²) >= 11 is 0. The zero-order valence-electron chi connectivity index (χ0n) is 16.1. The van der Waals surface area contributed by atoms with Gasteiger partial charge in [0.1, 0.15) is 6.04 Å². The minimum atomic E-state index is -0.325. The molecule has 1 unspecified atom stereocenters. The Morgan fingerprint density at radius 1 is 1.04 bits per heavy atom. The molecule has 2 aliphatic rings. The molecular formula is C22H25N5O. The molecule has 1 saturated carbocycles. The third-order valence-corrected chi connectivity index (χ3v) is 6.33. The number of carbonyl (C=O) groups excluding carboxylic acids is 1. The number of amides is 1. The predicted octanol–water partition coefficient (Wildman–Crippen LogP) is 3.60. The van der Waals surface area contributed by atoms with E-state index in [4.69, 9.17) is 0 Å². The zero-order valence-corrected chi connectivity index (χ0v) is 16.1. The standard InChI is InChI=1S/C22H25N5O/c1-16(20(28)26-13-10-22(8-9-22)11-14-26)23-21-25-24-19-15-18(7-12-27(19)21)17-5-3-2-4-6-17/h2-7,12,15-16H,8-11,13-14H2,1H3,(H,23,25). The summed E-state index contributed by atoms with van der Waals surface area (Å²) in [5.74, 6) is 0.749. The summed E-state index contributed by atoms with van der Waals surface area (Å²) < 4.78 is 1.89. The monoisotopic (exact) mass is 375 g/mol. The molecule has 1 aromatic carbocycles. The van der Waals surface area contributed by atoms with Crippen molar-refractivity contribution in [2.45, 2.75) is 38.6 Å². The van der Waals surface area contributed by atoms with Crippen molar-refractivity contribution >= 4 is 17.5 Å². The molecule has 0 bridgehead atoms. The lowest BCUT2D eigenvalue weighted by Gasteiger charge is -2.33. The summed E-state index contributed by atoms with van der Waals surface area (Å²) in [7, 11) is 0. The summed E-state index contributed by atoms with van der Waals surface area (Å²) in [4.78, 5) is 14.8. The first-order valence-electron chi connectivity index (χ1n) is 10.1. The first kappa shape index (κ1) is 17.2. The summed E-state index contributed by atoms with van der Waals surface area (Å²) in [6.45, 7) is 3.67. The Labute approximate surface area is 164 Å². The third-order valence-electron chi connectivity index (χ3n) is 6.33. The van der Waals surface area contributed by atoms with E-state index in [0.29, 0.717) is 11.4 Å². The van der Waals surface area contributed by atoms with Crippen molar-refractivity contribution in [3.8, 4) is 11.1 Å². The van der Waals surface area contributed by atoms with Gasteiger partial charge in [0, 0.05) is 19.3 Å². The normalized spacial score (nSPS) is 19.0. The fourth-order valence-corrected chi connectivity index (χ4v) is 4.21. The van der Waals surface area contributed by atoms with Gasteiger partial charge in [-0.25, -0.2) is 0 Å². The number of carbonyl (C=O) groups is 1. The van der Waals surface area contributed by atoms with Crippen LogP contribution in [0.3, 0.4) is 0 Å². The minimum absolute atomic E-state index is 0.146. The molecule has 28 heavy (non-hydrogen) atoms. The van der Waals surface area contributed by atoms with Crippen LogP contribution in [0.1, 0.15) is 32.6 Å². The van der Waals surface area contributed by atoms with Crippen LogP contribution in [0.15, 0.2) is 48.7 Å². The van der Waals surface area contributed by atoms with Gasteiger partial charge in [-0.05, 0) is 61.3 Å². The Morgan fingerprint density at radius 3 is 2.50 bits per heavy atom. The topological polar surface area (TPSA) is 62.5 Å². The molecule has 1 aliphatic heterocycles. The van der Waals surface area contributed by atoms with Gasteiger partial charge < -0.3 is 10.2 Å². The molecule has 1 amide bonds. The fraction of sp³-hybridized carbons (Fsp3) is 0.409. The lowest BCUT2D eigenvalue weighted by atomic mass is 9.93. The van der Waals surface area contributed by atoms with Gasteiger partial charge in [-0.2, -0.15) is 0 Å². The van der Waals surface area contributed by atoms with Gasteiger partial charge in [-0.1, -0.05) is 30.3 Å². The third kappa shape index (κ3) is 3.13. The van der Waals surface area contributed by atoms with Crippen LogP contribution in [-0.4, -0.2) is 44.5 Å². The number of anilines is 1. The number of aromatic nitrogens is 3. The zero-order chi connectivity index (χ0) is 19.1. The van der Waals surface area contributed by atoms with Crippen molar-refractivity contribution < 1.29 is 4.79 Å². The Morgan fingerprint density at radius 2 is 1.79 bits per heavy atom. The molecule has 6 heteroatoms. The summed E-state index contributed by atoms with van der Waals surface area (Å²) in [5.41, 5.74) is 3.58. The molecule has 3 aromatic rings. The average molecular weight is 375 g/mol. The van der Waals surface area contributed by atoms with Gasteiger partial charge in [0.25, 0.3) is 0 Å². The smallest absolute Gasteiger partial charge is 0.244 e. The number of benzene rings is 1. The van der Waals surface area contributed by atoms with E-state index in [9.17, 15) is 4.79 Å². The minimum Gasteiger partial charge on any atom is -0.342 e. The van der Waals surface area contributed by atoms with E-state index in [0.717, 1.165) is 42.7 Å². The highest BCUT2D eigenvalue weighted by molar-refractivity contribution is 5.84. The number of hydrogen-bond acceptors (Lipinski definition) is 4. The molecule has 2 fully saturated rings. The molecule has 1 N–H and O–H groups in total. The van der Waals surface area contributed by atoms with E-state index in [2.05, 4.69) is 27.6 Å². The molecule has 144 valence electrons. The highest BCUT2D eigenvalue weighted by Crippen LogP contribution is 2.53. The number of rotatable bonds is 4. The van der Waals surface area contributed by atoms with Crippen molar-refractivity contribution in [2.75, 3.05) is 18.4 Å². The molecule has 1 aliphatic carbocycles. The Hall–Kier alpha value is -2.89. The maximum Gasteiger partial charge on any atom is 0.244 e. The van der Waals surface area contributed by atoms with Gasteiger partial charge in [0.15, 0.2) is 5.65 Å². The van der Waals surface area contributed by atoms with Crippen LogP contribution in [0.25, 0.3) is 16.8 Å². The predicted molar refractivity (Wildman–Crippen MR) is 109 cm³/mol. The van der Waals surface area contributed by atoms with Crippen LogP contribution >= 0.6 is 0 Å². The van der Waals surface area contributed by atoms with Gasteiger partial charge in [0.05, 0.1) is 0 Å². The number of pyridine rings is 1. The second-order valence-corrected chi connectivity index (χ2v) is 8.22. The maximum absolute atomic E-state index is 12.8. The summed E-state index contributed by atoms with van der Waals surface area (Å²) in [6.07, 6.45) is 6.96. The molecule has 1 spiro atoms. The van der Waals surface area contributed by atoms with Crippen molar-refractivity contribution in [3.63, 3.8) is 0 Å². The molecule has 3 heterocycles. The number of nitrogens with one attached hydrogen (secondary N) is 1. The van der Waals surface area contributed by atoms with Gasteiger partial charge >= 0.3 is 0 Å². The second-order valence-electron chi connectivity index (χ2n) is 8.22. The van der Waals surface area contributed by atoms with Crippen molar-refractivity contribution in [1.29, 1.82) is 0 Å². The Balaban J connectivity index is 1.30. The number of fused-ring (bicyclic) bond motifs is 1. The molecule has 1 saturated heterocycles. The number of hydrogen-bond donors (Lipinski definition) is 1. The van der Waals surface area contributed by atoms with Gasteiger partial charge in [0.2, 0.25) is 11.9 Å². The van der Waals surface area contributed by atoms with Crippen LogP contribution in [-0.2, 0) is 4.79 Å². The van der Waals surface area contributed by atoms with Crippen LogP contribution < -0.4 is 5.32 Å². The van der Waals surface area contributed by atoms with E-state index in [1.165, 1.54) is 12.8 Å². The number of nitrogens with zero attached hydrogens (tertiary/aromatic N) is 4. The quantitative estimate of drug-likeness (QED) is 0.757. The summed E-state index contributed by atoms with van der Waals surface area (Å²) in [6, 6.07) is 13.9. The molecular weight excluding hydrogens is 350 g/mol. The molecule has 1 atom stereocenters. The van der Waals surface area contributed by atoms with Crippen molar-refractivity contribution in [2.24, 2.45) is 5.41 Å². The molecule has 6 nitrogen and oxygen atoms in total. The van der Waals surface area contributed by atoms with Gasteiger partial charge in [-0.15, -0.1) is 10.2 Å². The Kier molecular flexibility index (Phi) is 4.07. The molecule has 5 rings (SSSR count). The molecule has 2 aromatic heterocycles. The lowest BCUT2D eigenvalue weighted by Crippen LogP contribution is -2.46. The summed E-state index contributed by atoms with van der Waals surface area (Å²) in [5, 5.41) is 11.8. The fourth-order valence-electron chi connectivity index (χ4n) is 4.21. The number of likely N-dealkylation sites (tertiary alicyclic amines) is 1. The van der Waals surface area contributed by atoms with E-state index >= 15 is 0 Å². The van der Waals surface area contributed by atoms with Gasteiger partial charge in [-0.3, -0.25) is 9.20 Å². The van der Waals surface area contributed by atoms with E-state index in [1.54, 1.807) is 0 Å². The SMILES string of the molecule is CC(Nc1nnc2cc(-c3ccccc3)ccn12)C(=O)N1CCC2(CC1)CC2. The van der Waals surface area contributed by atoms with Crippen molar-refractivity contribution in [1.82, 2.24) is 19.5 Å². The number of piperidine rings is 1. The van der Waals surface area contributed by atoms with Crippen LogP contribution in [0.4, 0.5) is 5.95 Å². The molecule has 0 radical (unpaired) electrons. The van der Waals surface area contributed by atoms with Crippen LogP contribution in [0, 0.1) is 5.41 Å². The largest absolute Gasteiger partial charge is 0.342 e. The maximum atomic E-state index is 12.8. The first-order chi connectivity index (χ1) is 13.6. The highest BCUT2D eigenvalue weighted by atomic mass is 16.2. The van der Waals surface area contributed by atoms with Crippen molar-refractivity contribution in [3.05, 3.63) is 48.7 Å². The average Bonchev–Trinajstić information content (AvgIpc) is 3.38. The van der Waals surface area contributed by atoms with Crippen LogP contribution in [0.2, 0.25) is 0 Å². The highest BCUT2D eigenvalue weighted by Gasteiger charge is 2.45. The first-order valence-corrected chi connectivity index (χ1v) is 10.1. The van der Waals surface area contributed by atoms with E-state index in [1.807, 2.05) is 52.8 Å². The van der Waals surface area contributed by atoms with Crippen LogP contribution in [0.5, 0.6) is 0 Å². The van der Waals surface area contributed by atoms with E-state index in [-0.39, 0.29) is 11.9 Å².